The van der Waals surface area contributed by atoms with Crippen molar-refractivity contribution in [3.63, 3.8) is 0 Å². The van der Waals surface area contributed by atoms with Crippen LogP contribution in [-0.2, 0) is 9.84 Å². The van der Waals surface area contributed by atoms with Gasteiger partial charge in [-0.15, -0.1) is 0 Å². The fourth-order valence-electron chi connectivity index (χ4n) is 2.45. The molecule has 0 unspecified atom stereocenters. The predicted octanol–water partition coefficient (Wildman–Crippen LogP) is 2.37. The van der Waals surface area contributed by atoms with Crippen LogP contribution in [0.15, 0.2) is 64.4 Å². The highest BCUT2D eigenvalue weighted by Gasteiger charge is 2.38. The number of Topliss-reactive ketones (excluding diaryl/α,β-unsaturated/α-hetero) is 1. The molecular weight excluding hydrogens is 300 g/mol. The van der Waals surface area contributed by atoms with Gasteiger partial charge in [0.25, 0.3) is 6.21 Å². The molecule has 0 aromatic heterocycles. The second kappa shape index (κ2) is 5.18. The number of benzene rings is 2. The topological polar surface area (TPSA) is 87.6 Å². The Kier molecular flexibility index (Phi) is 3.33. The molecule has 0 saturated carbocycles. The number of hydrogen-bond donors (Lipinski definition) is 0. The van der Waals surface area contributed by atoms with Crippen LogP contribution in [0.25, 0.3) is 11.1 Å². The number of fused-ring (bicyclic) bond motifs is 1. The second-order valence-electron chi connectivity index (χ2n) is 4.68. The van der Waals surface area contributed by atoms with Gasteiger partial charge in [0.05, 0.1) is 10.5 Å². The maximum Gasteiger partial charge on any atom is 0.300 e. The van der Waals surface area contributed by atoms with Crippen LogP contribution in [0, 0.1) is 0 Å². The number of ketones is 1. The zero-order valence-electron chi connectivity index (χ0n) is 11.3. The van der Waals surface area contributed by atoms with Gasteiger partial charge in [-0.1, -0.05) is 42.5 Å². The quantitative estimate of drug-likeness (QED) is 0.484. The molecule has 1 aliphatic rings. The Balaban J connectivity index is 2.43. The van der Waals surface area contributed by atoms with Crippen molar-refractivity contribution in [2.75, 3.05) is 0 Å². The van der Waals surface area contributed by atoms with E-state index in [2.05, 4.69) is 4.79 Å². The van der Waals surface area contributed by atoms with Crippen LogP contribution in [0.1, 0.15) is 15.9 Å². The lowest BCUT2D eigenvalue weighted by Gasteiger charge is -2.18. The molecule has 0 bridgehead atoms. The number of allylic oxidation sites excluding steroid dienone is 2. The number of hydrogen-bond acceptors (Lipinski definition) is 3. The lowest BCUT2D eigenvalue weighted by Crippen LogP contribution is -2.22. The van der Waals surface area contributed by atoms with Crippen molar-refractivity contribution in [2.45, 2.75) is 4.90 Å². The monoisotopic (exact) mass is 310 g/mol. The van der Waals surface area contributed by atoms with Gasteiger partial charge < -0.3 is 5.53 Å². The average Bonchev–Trinajstić information content (AvgIpc) is 2.54. The number of carbonyl (C=O) groups excluding carboxylic acids is 1. The molecule has 0 spiro atoms. The van der Waals surface area contributed by atoms with Crippen LogP contribution < -0.4 is 0 Å². The summed E-state index contributed by atoms with van der Waals surface area (Å²) in [6.07, 6.45) is 0.797. The van der Waals surface area contributed by atoms with Gasteiger partial charge in [0.2, 0.25) is 9.84 Å². The minimum atomic E-state index is -3.93. The molecule has 22 heavy (non-hydrogen) atoms. The van der Waals surface area contributed by atoms with E-state index < -0.39 is 15.6 Å². The van der Waals surface area contributed by atoms with Crippen LogP contribution in [0.5, 0.6) is 0 Å². The standard InChI is InChI=1S/C16H10N2O3S/c17-18-10-14-15(11-6-2-1-3-7-11)16(19)12-8-4-5-9-13(12)22(14,20)21/h1-10H. The summed E-state index contributed by atoms with van der Waals surface area (Å²) in [7, 11) is -3.93. The molecule has 1 aliphatic heterocycles. The molecule has 0 saturated heterocycles. The van der Waals surface area contributed by atoms with E-state index in [1.54, 1.807) is 42.5 Å². The van der Waals surface area contributed by atoms with Gasteiger partial charge in [-0.3, -0.25) is 4.79 Å². The third-order valence-corrected chi connectivity index (χ3v) is 5.25. The van der Waals surface area contributed by atoms with Gasteiger partial charge in [-0.25, -0.2) is 8.42 Å². The largest absolute Gasteiger partial charge is 0.361 e. The Morgan fingerprint density at radius 3 is 2.27 bits per heavy atom. The van der Waals surface area contributed by atoms with E-state index in [1.807, 2.05) is 0 Å². The Morgan fingerprint density at radius 2 is 1.59 bits per heavy atom. The minimum Gasteiger partial charge on any atom is -0.361 e. The van der Waals surface area contributed by atoms with Gasteiger partial charge in [0, 0.05) is 5.56 Å². The third kappa shape index (κ3) is 2.02. The molecule has 1 heterocycles. The van der Waals surface area contributed by atoms with Crippen LogP contribution >= 0.6 is 0 Å². The Hall–Kier alpha value is -2.82. The summed E-state index contributed by atoms with van der Waals surface area (Å²) in [5, 5.41) is 0. The van der Waals surface area contributed by atoms with E-state index in [4.69, 9.17) is 5.53 Å². The highest BCUT2D eigenvalue weighted by atomic mass is 32.2. The summed E-state index contributed by atoms with van der Waals surface area (Å²) in [5.41, 5.74) is 9.40. The van der Waals surface area contributed by atoms with Gasteiger partial charge >= 0.3 is 0 Å². The molecule has 0 N–H and O–H groups in total. The smallest absolute Gasteiger partial charge is 0.300 e. The normalized spacial score (nSPS) is 15.9. The van der Waals surface area contributed by atoms with Gasteiger partial charge in [-0.2, -0.15) is 4.79 Å². The van der Waals surface area contributed by atoms with Crippen LogP contribution in [0.2, 0.25) is 0 Å². The Bertz CT molecular complexity index is 954. The first-order valence-electron chi connectivity index (χ1n) is 6.43. The van der Waals surface area contributed by atoms with Crippen molar-refractivity contribution in [1.82, 2.24) is 0 Å². The van der Waals surface area contributed by atoms with Crippen LogP contribution in [0.4, 0.5) is 0 Å². The van der Waals surface area contributed by atoms with Crippen molar-refractivity contribution in [1.29, 1.82) is 0 Å². The summed E-state index contributed by atoms with van der Waals surface area (Å²) in [4.78, 5) is 15.2. The summed E-state index contributed by atoms with van der Waals surface area (Å²) >= 11 is 0. The highest BCUT2D eigenvalue weighted by Crippen LogP contribution is 2.36. The van der Waals surface area contributed by atoms with Crippen molar-refractivity contribution >= 4 is 27.4 Å². The van der Waals surface area contributed by atoms with Gasteiger partial charge in [0.15, 0.2) is 10.7 Å². The Morgan fingerprint density at radius 1 is 0.955 bits per heavy atom. The molecule has 0 aliphatic carbocycles. The fraction of sp³-hybridized carbons (Fsp3) is 0. The lowest BCUT2D eigenvalue weighted by molar-refractivity contribution is 0.00481. The highest BCUT2D eigenvalue weighted by molar-refractivity contribution is 7.96. The number of rotatable bonds is 2. The lowest BCUT2D eigenvalue weighted by atomic mass is 9.96. The molecule has 0 atom stereocenters. The summed E-state index contributed by atoms with van der Waals surface area (Å²) < 4.78 is 25.4. The van der Waals surface area contributed by atoms with Crippen LogP contribution in [-0.4, -0.2) is 25.2 Å². The van der Waals surface area contributed by atoms with E-state index in [0.29, 0.717) is 5.56 Å². The summed E-state index contributed by atoms with van der Waals surface area (Å²) in [6, 6.07) is 14.5. The SMILES string of the molecule is [N-]=[N+]=CC1=C(c2ccccc2)C(=O)c2ccccc2S1(=O)=O. The number of nitrogens with zero attached hydrogens (tertiary/aromatic N) is 2. The summed E-state index contributed by atoms with van der Waals surface area (Å²) in [5.74, 6) is -0.411. The molecule has 3 rings (SSSR count). The van der Waals surface area contributed by atoms with E-state index >= 15 is 0 Å². The molecule has 2 aromatic carbocycles. The molecule has 0 radical (unpaired) electrons. The summed E-state index contributed by atoms with van der Waals surface area (Å²) in [6.45, 7) is 0. The van der Waals surface area contributed by atoms with Crippen LogP contribution in [0.3, 0.4) is 0 Å². The molecular formula is C16H10N2O3S. The minimum absolute atomic E-state index is 0.0112. The molecule has 0 fully saturated rings. The van der Waals surface area contributed by atoms with E-state index in [9.17, 15) is 13.2 Å². The first-order valence-corrected chi connectivity index (χ1v) is 7.91. The van der Waals surface area contributed by atoms with Crippen molar-refractivity contribution < 1.29 is 18.0 Å². The predicted molar refractivity (Wildman–Crippen MR) is 81.0 cm³/mol. The van der Waals surface area contributed by atoms with E-state index in [1.165, 1.54) is 12.1 Å². The molecule has 6 heteroatoms. The molecule has 2 aromatic rings. The van der Waals surface area contributed by atoms with Crippen molar-refractivity contribution in [2.24, 2.45) is 0 Å². The fourth-order valence-corrected chi connectivity index (χ4v) is 4.06. The number of sulfone groups is 1. The average molecular weight is 310 g/mol. The van der Waals surface area contributed by atoms with Crippen molar-refractivity contribution in [3.8, 4) is 0 Å². The molecule has 5 nitrogen and oxygen atoms in total. The number of carbonyl (C=O) groups is 1. The van der Waals surface area contributed by atoms with Gasteiger partial charge in [-0.05, 0) is 17.7 Å². The first-order chi connectivity index (χ1) is 10.6. The molecule has 0 amide bonds. The maximum absolute atomic E-state index is 12.7. The Labute approximate surface area is 127 Å². The van der Waals surface area contributed by atoms with Gasteiger partial charge in [0.1, 0.15) is 0 Å². The zero-order valence-corrected chi connectivity index (χ0v) is 12.1. The van der Waals surface area contributed by atoms with E-state index in [0.717, 1.165) is 6.21 Å². The first kappa shape index (κ1) is 14.1. The zero-order chi connectivity index (χ0) is 15.7. The third-order valence-electron chi connectivity index (χ3n) is 3.42. The second-order valence-corrected chi connectivity index (χ2v) is 6.57. The van der Waals surface area contributed by atoms with E-state index in [-0.39, 0.29) is 20.9 Å². The maximum atomic E-state index is 12.7. The van der Waals surface area contributed by atoms with Crippen molar-refractivity contribution in [3.05, 3.63) is 76.2 Å². The molecule has 108 valence electrons.